The van der Waals surface area contributed by atoms with Gasteiger partial charge in [0, 0.05) is 18.1 Å². The molecule has 0 fully saturated rings. The molecule has 0 saturated carbocycles. The van der Waals surface area contributed by atoms with E-state index >= 15 is 0 Å². The number of carbonyl (C=O) groups is 1. The number of fused-ring (bicyclic) bond motifs is 1. The SMILES string of the molecule is COc1ccc2c(c1)OC(C)(C)CC2=NNC(N)=O. The molecular formula is C13H17N3O3. The number of benzene rings is 1. The number of urea groups is 1. The van der Waals surface area contributed by atoms with E-state index in [2.05, 4.69) is 10.5 Å². The highest BCUT2D eigenvalue weighted by Crippen LogP contribution is 2.35. The van der Waals surface area contributed by atoms with Gasteiger partial charge in [0.1, 0.15) is 17.1 Å². The summed E-state index contributed by atoms with van der Waals surface area (Å²) in [6.07, 6.45) is 0.576. The first-order valence-electron chi connectivity index (χ1n) is 5.91. The Hall–Kier alpha value is -2.24. The first-order chi connectivity index (χ1) is 8.91. The van der Waals surface area contributed by atoms with Crippen LogP contribution in [0.4, 0.5) is 4.79 Å². The molecular weight excluding hydrogens is 246 g/mol. The summed E-state index contributed by atoms with van der Waals surface area (Å²) in [5, 5.41) is 4.05. The fourth-order valence-electron chi connectivity index (χ4n) is 2.01. The van der Waals surface area contributed by atoms with Gasteiger partial charge in [-0.05, 0) is 26.0 Å². The van der Waals surface area contributed by atoms with Crippen LogP contribution < -0.4 is 20.6 Å². The molecule has 0 aromatic heterocycles. The normalized spacial score (nSPS) is 18.4. The molecule has 1 aliphatic rings. The van der Waals surface area contributed by atoms with Crippen LogP contribution in [0.25, 0.3) is 0 Å². The van der Waals surface area contributed by atoms with Crippen molar-refractivity contribution in [1.29, 1.82) is 0 Å². The molecule has 1 heterocycles. The second-order valence-corrected chi connectivity index (χ2v) is 4.94. The van der Waals surface area contributed by atoms with Crippen LogP contribution in [0.1, 0.15) is 25.8 Å². The molecule has 2 amide bonds. The lowest BCUT2D eigenvalue weighted by Gasteiger charge is -2.33. The van der Waals surface area contributed by atoms with Gasteiger partial charge in [0.2, 0.25) is 0 Å². The van der Waals surface area contributed by atoms with E-state index in [1.54, 1.807) is 13.2 Å². The van der Waals surface area contributed by atoms with Gasteiger partial charge < -0.3 is 15.2 Å². The Bertz CT molecular complexity index is 538. The maximum Gasteiger partial charge on any atom is 0.332 e. The Balaban J connectivity index is 2.43. The van der Waals surface area contributed by atoms with Gasteiger partial charge >= 0.3 is 6.03 Å². The van der Waals surface area contributed by atoms with E-state index in [4.69, 9.17) is 15.2 Å². The quantitative estimate of drug-likeness (QED) is 0.795. The molecule has 0 aliphatic carbocycles. The molecule has 0 atom stereocenters. The van der Waals surface area contributed by atoms with E-state index in [9.17, 15) is 4.79 Å². The highest BCUT2D eigenvalue weighted by Gasteiger charge is 2.31. The van der Waals surface area contributed by atoms with E-state index in [0.29, 0.717) is 17.9 Å². The number of hydrogen-bond acceptors (Lipinski definition) is 4. The summed E-state index contributed by atoms with van der Waals surface area (Å²) in [6.45, 7) is 3.91. The van der Waals surface area contributed by atoms with E-state index in [-0.39, 0.29) is 0 Å². The van der Waals surface area contributed by atoms with E-state index in [1.807, 2.05) is 26.0 Å². The van der Waals surface area contributed by atoms with Crippen molar-refractivity contribution in [2.24, 2.45) is 10.8 Å². The van der Waals surface area contributed by atoms with Crippen molar-refractivity contribution >= 4 is 11.7 Å². The zero-order chi connectivity index (χ0) is 14.0. The number of nitrogens with one attached hydrogen (secondary N) is 1. The average Bonchev–Trinajstić information content (AvgIpc) is 2.33. The number of nitrogens with zero attached hydrogens (tertiary/aromatic N) is 1. The molecule has 0 spiro atoms. The number of methoxy groups -OCH3 is 1. The molecule has 0 unspecified atom stereocenters. The van der Waals surface area contributed by atoms with Gasteiger partial charge in [0.25, 0.3) is 0 Å². The first kappa shape index (κ1) is 13.2. The van der Waals surface area contributed by atoms with Crippen LogP contribution in [0.2, 0.25) is 0 Å². The molecule has 0 bridgehead atoms. The molecule has 19 heavy (non-hydrogen) atoms. The van der Waals surface area contributed by atoms with Crippen molar-refractivity contribution in [3.05, 3.63) is 23.8 Å². The van der Waals surface area contributed by atoms with Crippen molar-refractivity contribution in [2.45, 2.75) is 25.9 Å². The summed E-state index contributed by atoms with van der Waals surface area (Å²) in [7, 11) is 1.60. The van der Waals surface area contributed by atoms with Crippen LogP contribution in [0, 0.1) is 0 Å². The summed E-state index contributed by atoms with van der Waals surface area (Å²) in [6, 6.07) is 4.79. The topological polar surface area (TPSA) is 85.9 Å². The number of hydrazone groups is 1. The molecule has 3 N–H and O–H groups in total. The van der Waals surface area contributed by atoms with Crippen molar-refractivity contribution in [1.82, 2.24) is 5.43 Å². The van der Waals surface area contributed by atoms with Gasteiger partial charge in [-0.3, -0.25) is 0 Å². The van der Waals surface area contributed by atoms with Crippen molar-refractivity contribution in [3.8, 4) is 11.5 Å². The predicted octanol–water partition coefficient (Wildman–Crippen LogP) is 1.63. The minimum Gasteiger partial charge on any atom is -0.497 e. The Kier molecular flexibility index (Phi) is 3.33. The van der Waals surface area contributed by atoms with E-state index < -0.39 is 11.6 Å². The van der Waals surface area contributed by atoms with Gasteiger partial charge in [-0.1, -0.05) is 0 Å². The van der Waals surface area contributed by atoms with Gasteiger partial charge in [-0.2, -0.15) is 5.10 Å². The fourth-order valence-corrected chi connectivity index (χ4v) is 2.01. The standard InChI is InChI=1S/C13H17N3O3/c1-13(2)7-10(15-16-12(14)17)9-5-4-8(18-3)6-11(9)19-13/h4-6H,7H2,1-3H3,(H3,14,16,17). The van der Waals surface area contributed by atoms with Crippen LogP contribution in [0.15, 0.2) is 23.3 Å². The lowest BCUT2D eigenvalue weighted by molar-refractivity contribution is 0.111. The molecule has 0 radical (unpaired) electrons. The lowest BCUT2D eigenvalue weighted by Crippen LogP contribution is -2.37. The second kappa shape index (κ2) is 4.79. The summed E-state index contributed by atoms with van der Waals surface area (Å²) in [4.78, 5) is 10.8. The van der Waals surface area contributed by atoms with Crippen LogP contribution >= 0.6 is 0 Å². The average molecular weight is 263 g/mol. The third kappa shape index (κ3) is 2.96. The van der Waals surface area contributed by atoms with Gasteiger partial charge in [0.15, 0.2) is 0 Å². The highest BCUT2D eigenvalue weighted by atomic mass is 16.5. The number of carbonyl (C=O) groups excluding carboxylic acids is 1. The molecule has 6 heteroatoms. The number of rotatable bonds is 2. The van der Waals surface area contributed by atoms with Crippen molar-refractivity contribution in [3.63, 3.8) is 0 Å². The molecule has 102 valence electrons. The minimum absolute atomic E-state index is 0.405. The van der Waals surface area contributed by atoms with E-state index in [1.165, 1.54) is 0 Å². The maximum absolute atomic E-state index is 10.8. The second-order valence-electron chi connectivity index (χ2n) is 4.94. The van der Waals surface area contributed by atoms with Crippen LogP contribution in [-0.2, 0) is 0 Å². The van der Waals surface area contributed by atoms with Crippen molar-refractivity contribution < 1.29 is 14.3 Å². The van der Waals surface area contributed by atoms with Crippen LogP contribution in [0.3, 0.4) is 0 Å². The molecule has 1 aromatic rings. The van der Waals surface area contributed by atoms with E-state index in [0.717, 1.165) is 11.3 Å². The number of nitrogens with two attached hydrogens (primary N) is 1. The van der Waals surface area contributed by atoms with Gasteiger partial charge in [-0.15, -0.1) is 0 Å². The lowest BCUT2D eigenvalue weighted by atomic mass is 9.92. The summed E-state index contributed by atoms with van der Waals surface area (Å²) >= 11 is 0. The largest absolute Gasteiger partial charge is 0.497 e. The Morgan fingerprint density at radius 3 is 2.89 bits per heavy atom. The monoisotopic (exact) mass is 263 g/mol. The van der Waals surface area contributed by atoms with Crippen LogP contribution in [0.5, 0.6) is 11.5 Å². The maximum atomic E-state index is 10.8. The third-order valence-electron chi connectivity index (χ3n) is 2.78. The highest BCUT2D eigenvalue weighted by molar-refractivity contribution is 6.04. The molecule has 1 aliphatic heterocycles. The molecule has 1 aromatic carbocycles. The summed E-state index contributed by atoms with van der Waals surface area (Å²) in [5.41, 5.74) is 8.45. The fraction of sp³-hybridized carbons (Fsp3) is 0.385. The van der Waals surface area contributed by atoms with Gasteiger partial charge in [0.05, 0.1) is 12.8 Å². The minimum atomic E-state index is -0.688. The molecule has 0 saturated heterocycles. The predicted molar refractivity (Wildman–Crippen MR) is 71.6 cm³/mol. The third-order valence-corrected chi connectivity index (χ3v) is 2.78. The Labute approximate surface area is 111 Å². The molecule has 2 rings (SSSR count). The summed E-state index contributed by atoms with van der Waals surface area (Å²) < 4.78 is 11.1. The first-order valence-corrected chi connectivity index (χ1v) is 5.91. The number of amides is 2. The smallest absolute Gasteiger partial charge is 0.332 e. The molecule has 6 nitrogen and oxygen atoms in total. The van der Waals surface area contributed by atoms with Gasteiger partial charge in [-0.25, -0.2) is 10.2 Å². The Morgan fingerprint density at radius 1 is 1.53 bits per heavy atom. The Morgan fingerprint density at radius 2 is 2.26 bits per heavy atom. The zero-order valence-corrected chi connectivity index (χ0v) is 11.2. The zero-order valence-electron chi connectivity index (χ0n) is 11.2. The van der Waals surface area contributed by atoms with Crippen LogP contribution in [-0.4, -0.2) is 24.5 Å². The summed E-state index contributed by atoms with van der Waals surface area (Å²) in [5.74, 6) is 1.39. The number of hydrogen-bond donors (Lipinski definition) is 2. The van der Waals surface area contributed by atoms with Crippen molar-refractivity contribution in [2.75, 3.05) is 7.11 Å². The number of primary amides is 1. The number of ether oxygens (including phenoxy) is 2.